The molecule has 78 valence electrons. The first-order valence-corrected chi connectivity index (χ1v) is 6.46. The van der Waals surface area contributed by atoms with Crippen molar-refractivity contribution in [2.24, 2.45) is 0 Å². The van der Waals surface area contributed by atoms with Crippen molar-refractivity contribution in [1.82, 2.24) is 4.90 Å². The van der Waals surface area contributed by atoms with Crippen molar-refractivity contribution in [2.45, 2.75) is 19.3 Å². The monoisotopic (exact) mass is 207 g/mol. The second-order valence-electron chi connectivity index (χ2n) is 3.43. The predicted molar refractivity (Wildman–Crippen MR) is 51.1 cm³/mol. The third-order valence-corrected chi connectivity index (χ3v) is 2.71. The van der Waals surface area contributed by atoms with Crippen LogP contribution in [-0.4, -0.2) is 45.8 Å². The molecule has 4 nitrogen and oxygen atoms in total. The van der Waals surface area contributed by atoms with Crippen LogP contribution in [0.15, 0.2) is 0 Å². The predicted octanol–water partition coefficient (Wildman–Crippen LogP) is 0.448. The molecule has 1 aliphatic heterocycles. The molecular formula is C8H17NO3S. The number of nitrogens with zero attached hydrogens (tertiary/aromatic N) is 1. The molecule has 1 aliphatic rings. The minimum absolute atomic E-state index is 0.315. The normalized spacial score (nSPS) is 19.5. The Morgan fingerprint density at radius 2 is 1.92 bits per heavy atom. The van der Waals surface area contributed by atoms with Gasteiger partial charge < -0.3 is 4.90 Å². The highest BCUT2D eigenvalue weighted by Gasteiger charge is 2.10. The van der Waals surface area contributed by atoms with Crippen molar-refractivity contribution in [3.8, 4) is 0 Å². The third-order valence-electron chi connectivity index (χ3n) is 2.11. The average Bonchev–Trinajstić information content (AvgIpc) is 2.48. The molecule has 5 heteroatoms. The van der Waals surface area contributed by atoms with E-state index >= 15 is 0 Å². The summed E-state index contributed by atoms with van der Waals surface area (Å²) in [6, 6.07) is 0. The number of rotatable bonds is 5. The van der Waals surface area contributed by atoms with Crippen LogP contribution >= 0.6 is 0 Å². The molecule has 13 heavy (non-hydrogen) atoms. The van der Waals surface area contributed by atoms with Crippen molar-refractivity contribution >= 4 is 10.1 Å². The Morgan fingerprint density at radius 3 is 2.46 bits per heavy atom. The molecule has 0 bridgehead atoms. The molecule has 0 aliphatic carbocycles. The molecule has 0 spiro atoms. The van der Waals surface area contributed by atoms with E-state index in [1.165, 1.54) is 12.8 Å². The Balaban J connectivity index is 2.01. The number of hydrogen-bond acceptors (Lipinski definition) is 4. The molecule has 1 fully saturated rings. The van der Waals surface area contributed by atoms with E-state index in [0.29, 0.717) is 6.61 Å². The van der Waals surface area contributed by atoms with Crippen molar-refractivity contribution in [1.29, 1.82) is 0 Å². The molecule has 0 saturated carbocycles. The molecule has 0 atom stereocenters. The van der Waals surface area contributed by atoms with Crippen LogP contribution in [0.25, 0.3) is 0 Å². The van der Waals surface area contributed by atoms with E-state index in [-0.39, 0.29) is 0 Å². The summed E-state index contributed by atoms with van der Waals surface area (Å²) >= 11 is 0. The zero-order chi connectivity index (χ0) is 9.73. The van der Waals surface area contributed by atoms with Crippen LogP contribution in [0.3, 0.4) is 0 Å². The number of hydrogen-bond donors (Lipinski definition) is 0. The van der Waals surface area contributed by atoms with Crippen LogP contribution in [0.5, 0.6) is 0 Å². The summed E-state index contributed by atoms with van der Waals surface area (Å²) in [7, 11) is -3.24. The Labute approximate surface area is 80.0 Å². The van der Waals surface area contributed by atoms with E-state index in [9.17, 15) is 8.42 Å². The Morgan fingerprint density at radius 1 is 1.31 bits per heavy atom. The minimum atomic E-state index is -3.24. The quantitative estimate of drug-likeness (QED) is 0.485. The van der Waals surface area contributed by atoms with Gasteiger partial charge in [0, 0.05) is 6.54 Å². The molecule has 0 aromatic rings. The minimum Gasteiger partial charge on any atom is -0.303 e. The fourth-order valence-corrected chi connectivity index (χ4v) is 1.93. The lowest BCUT2D eigenvalue weighted by atomic mass is 10.4. The van der Waals surface area contributed by atoms with Crippen LogP contribution < -0.4 is 0 Å². The summed E-state index contributed by atoms with van der Waals surface area (Å²) in [6.07, 6.45) is 4.43. The van der Waals surface area contributed by atoms with Crippen LogP contribution in [0.4, 0.5) is 0 Å². The van der Waals surface area contributed by atoms with Gasteiger partial charge in [-0.25, -0.2) is 0 Å². The van der Waals surface area contributed by atoms with Gasteiger partial charge in [-0.05, 0) is 32.4 Å². The van der Waals surface area contributed by atoms with Crippen molar-refractivity contribution in [2.75, 3.05) is 32.5 Å². The van der Waals surface area contributed by atoms with Crippen LogP contribution in [0.2, 0.25) is 0 Å². The summed E-state index contributed by atoms with van der Waals surface area (Å²) in [5.41, 5.74) is 0. The Hall–Kier alpha value is -0.130. The molecule has 1 saturated heterocycles. The lowest BCUT2D eigenvalue weighted by molar-refractivity contribution is 0.268. The third kappa shape index (κ3) is 5.23. The maximum Gasteiger partial charge on any atom is 0.264 e. The summed E-state index contributed by atoms with van der Waals surface area (Å²) < 4.78 is 25.8. The molecular weight excluding hydrogens is 190 g/mol. The fourth-order valence-electron chi connectivity index (χ4n) is 1.50. The SMILES string of the molecule is CS(=O)(=O)OCCCN1CCCC1. The highest BCUT2D eigenvalue weighted by molar-refractivity contribution is 7.85. The molecule has 0 N–H and O–H groups in total. The first-order valence-electron chi connectivity index (χ1n) is 4.65. The van der Waals surface area contributed by atoms with Crippen LogP contribution in [0.1, 0.15) is 19.3 Å². The first-order chi connectivity index (χ1) is 6.08. The highest BCUT2D eigenvalue weighted by atomic mass is 32.2. The van der Waals surface area contributed by atoms with Crippen molar-refractivity contribution in [3.63, 3.8) is 0 Å². The zero-order valence-electron chi connectivity index (χ0n) is 8.03. The van der Waals surface area contributed by atoms with Gasteiger partial charge in [-0.1, -0.05) is 0 Å². The molecule has 1 heterocycles. The number of likely N-dealkylation sites (tertiary alicyclic amines) is 1. The van der Waals surface area contributed by atoms with Crippen molar-refractivity contribution < 1.29 is 12.6 Å². The zero-order valence-corrected chi connectivity index (χ0v) is 8.85. The van der Waals surface area contributed by atoms with Gasteiger partial charge in [-0.3, -0.25) is 4.18 Å². The Bertz CT molecular complexity index is 232. The van der Waals surface area contributed by atoms with Gasteiger partial charge in [0.15, 0.2) is 0 Å². The molecule has 0 amide bonds. The van der Waals surface area contributed by atoms with E-state index in [4.69, 9.17) is 0 Å². The van der Waals surface area contributed by atoms with Crippen molar-refractivity contribution in [3.05, 3.63) is 0 Å². The van der Waals surface area contributed by atoms with Crippen LogP contribution in [0, 0.1) is 0 Å². The van der Waals surface area contributed by atoms with Gasteiger partial charge in [-0.2, -0.15) is 8.42 Å². The molecule has 0 unspecified atom stereocenters. The maximum atomic E-state index is 10.6. The summed E-state index contributed by atoms with van der Waals surface area (Å²) in [4.78, 5) is 2.34. The summed E-state index contributed by atoms with van der Waals surface area (Å²) in [5.74, 6) is 0. The van der Waals surface area contributed by atoms with E-state index in [1.54, 1.807) is 0 Å². The standard InChI is InChI=1S/C8H17NO3S/c1-13(10,11)12-8-4-7-9-5-2-3-6-9/h2-8H2,1H3. The smallest absolute Gasteiger partial charge is 0.264 e. The molecule has 0 aromatic heterocycles. The largest absolute Gasteiger partial charge is 0.303 e. The summed E-state index contributed by atoms with van der Waals surface area (Å²) in [5, 5.41) is 0. The Kier molecular flexibility index (Phi) is 4.15. The van der Waals surface area contributed by atoms with Gasteiger partial charge >= 0.3 is 0 Å². The average molecular weight is 207 g/mol. The van der Waals surface area contributed by atoms with E-state index < -0.39 is 10.1 Å². The second-order valence-corrected chi connectivity index (χ2v) is 5.07. The topological polar surface area (TPSA) is 46.6 Å². The molecule has 0 aromatic carbocycles. The summed E-state index contributed by atoms with van der Waals surface area (Å²) in [6.45, 7) is 3.57. The van der Waals surface area contributed by atoms with E-state index in [0.717, 1.165) is 32.3 Å². The molecule has 1 rings (SSSR count). The van der Waals surface area contributed by atoms with E-state index in [1.807, 2.05) is 0 Å². The van der Waals surface area contributed by atoms with Gasteiger partial charge in [0.05, 0.1) is 12.9 Å². The second kappa shape index (κ2) is 4.93. The maximum absolute atomic E-state index is 10.6. The highest BCUT2D eigenvalue weighted by Crippen LogP contribution is 2.07. The van der Waals surface area contributed by atoms with E-state index in [2.05, 4.69) is 9.08 Å². The molecule has 0 radical (unpaired) electrons. The van der Waals surface area contributed by atoms with Gasteiger partial charge in [0.25, 0.3) is 10.1 Å². The lowest BCUT2D eigenvalue weighted by Crippen LogP contribution is -2.21. The fraction of sp³-hybridized carbons (Fsp3) is 1.00. The first kappa shape index (κ1) is 10.9. The van der Waals surface area contributed by atoms with Gasteiger partial charge in [0.1, 0.15) is 0 Å². The van der Waals surface area contributed by atoms with Gasteiger partial charge in [0.2, 0.25) is 0 Å². The van der Waals surface area contributed by atoms with Gasteiger partial charge in [-0.15, -0.1) is 0 Å². The lowest BCUT2D eigenvalue weighted by Gasteiger charge is -2.13. The van der Waals surface area contributed by atoms with Crippen LogP contribution in [-0.2, 0) is 14.3 Å².